The number of nitrogens with zero attached hydrogens (tertiary/aromatic N) is 3. The molecule has 0 atom stereocenters. The fraction of sp³-hybridized carbons (Fsp3) is 0.286. The van der Waals surface area contributed by atoms with Crippen LogP contribution in [0.2, 0.25) is 0 Å². The Labute approximate surface area is 111 Å². The Morgan fingerprint density at radius 3 is 3.05 bits per heavy atom. The molecule has 5 heteroatoms. The highest BCUT2D eigenvalue weighted by atomic mass is 16.3. The topological polar surface area (TPSA) is 55.9 Å². The summed E-state index contributed by atoms with van der Waals surface area (Å²) in [4.78, 5) is 4.19. The summed E-state index contributed by atoms with van der Waals surface area (Å²) in [6.07, 6.45) is 4.37. The van der Waals surface area contributed by atoms with Gasteiger partial charge < -0.3 is 9.73 Å². The van der Waals surface area contributed by atoms with Crippen LogP contribution in [0, 0.1) is 0 Å². The van der Waals surface area contributed by atoms with Gasteiger partial charge in [0.25, 0.3) is 0 Å². The van der Waals surface area contributed by atoms with Crippen LogP contribution in [0.3, 0.4) is 0 Å². The van der Waals surface area contributed by atoms with Gasteiger partial charge in [-0.05, 0) is 6.07 Å². The Bertz CT molecular complexity index is 671. The fourth-order valence-electron chi connectivity index (χ4n) is 2.09. The Balaban J connectivity index is 1.55. The normalized spacial score (nSPS) is 11.2. The number of aromatic nitrogens is 3. The van der Waals surface area contributed by atoms with Crippen LogP contribution < -0.4 is 5.32 Å². The molecule has 3 rings (SSSR count). The summed E-state index contributed by atoms with van der Waals surface area (Å²) in [5.74, 6) is 0.868. The molecule has 0 radical (unpaired) electrons. The van der Waals surface area contributed by atoms with E-state index in [9.17, 15) is 0 Å². The third-order valence-electron chi connectivity index (χ3n) is 3.05. The monoisotopic (exact) mass is 256 g/mol. The van der Waals surface area contributed by atoms with Crippen molar-refractivity contribution in [3.8, 4) is 0 Å². The van der Waals surface area contributed by atoms with Crippen molar-refractivity contribution in [2.45, 2.75) is 13.0 Å². The molecule has 0 saturated carbocycles. The minimum absolute atomic E-state index is 0.795. The quantitative estimate of drug-likeness (QED) is 0.708. The number of fused-ring (bicyclic) bond motifs is 1. The van der Waals surface area contributed by atoms with Gasteiger partial charge >= 0.3 is 0 Å². The molecule has 0 aliphatic rings. The smallest absolute Gasteiger partial charge is 0.151 e. The summed E-state index contributed by atoms with van der Waals surface area (Å²) in [5, 5.41) is 8.80. The van der Waals surface area contributed by atoms with Gasteiger partial charge in [-0.1, -0.05) is 18.2 Å². The number of benzene rings is 1. The van der Waals surface area contributed by atoms with Crippen LogP contribution >= 0.6 is 0 Å². The molecule has 98 valence electrons. The number of aryl methyl sites for hydroxylation is 1. The largest absolute Gasteiger partial charge is 0.464 e. The van der Waals surface area contributed by atoms with Crippen molar-refractivity contribution in [1.29, 1.82) is 0 Å². The summed E-state index contributed by atoms with van der Waals surface area (Å²) >= 11 is 0. The molecule has 0 spiro atoms. The van der Waals surface area contributed by atoms with E-state index in [1.807, 2.05) is 31.5 Å². The highest BCUT2D eigenvalue weighted by Crippen LogP contribution is 2.20. The van der Waals surface area contributed by atoms with Crippen LogP contribution in [0.25, 0.3) is 11.0 Å². The fourth-order valence-corrected chi connectivity index (χ4v) is 2.09. The molecule has 0 aliphatic carbocycles. The van der Waals surface area contributed by atoms with Crippen LogP contribution in [-0.2, 0) is 20.0 Å². The zero-order chi connectivity index (χ0) is 13.1. The maximum absolute atomic E-state index is 5.50. The van der Waals surface area contributed by atoms with Crippen molar-refractivity contribution in [2.24, 2.45) is 7.05 Å². The molecule has 2 heterocycles. The molecule has 19 heavy (non-hydrogen) atoms. The first-order valence-corrected chi connectivity index (χ1v) is 6.33. The zero-order valence-corrected chi connectivity index (χ0v) is 10.8. The van der Waals surface area contributed by atoms with Gasteiger partial charge in [-0.25, -0.2) is 4.98 Å². The summed E-state index contributed by atoms with van der Waals surface area (Å²) in [7, 11) is 1.88. The number of hydrogen-bond donors (Lipinski definition) is 1. The average molecular weight is 256 g/mol. The molecule has 0 fully saturated rings. The van der Waals surface area contributed by atoms with Gasteiger partial charge in [-0.3, -0.25) is 4.68 Å². The predicted octanol–water partition coefficient (Wildman–Crippen LogP) is 1.89. The van der Waals surface area contributed by atoms with Crippen molar-refractivity contribution in [3.05, 3.63) is 48.2 Å². The van der Waals surface area contributed by atoms with E-state index >= 15 is 0 Å². The second-order valence-corrected chi connectivity index (χ2v) is 4.52. The van der Waals surface area contributed by atoms with Crippen LogP contribution in [0.1, 0.15) is 11.4 Å². The molecule has 0 amide bonds. The van der Waals surface area contributed by atoms with Gasteiger partial charge in [0.05, 0.1) is 6.26 Å². The van der Waals surface area contributed by atoms with Crippen LogP contribution in [0.4, 0.5) is 0 Å². The number of nitrogens with one attached hydrogen (secondary N) is 1. The van der Waals surface area contributed by atoms with Crippen molar-refractivity contribution < 1.29 is 4.42 Å². The van der Waals surface area contributed by atoms with Crippen molar-refractivity contribution in [1.82, 2.24) is 20.1 Å². The van der Waals surface area contributed by atoms with Crippen molar-refractivity contribution >= 4 is 11.0 Å². The molecule has 1 N–H and O–H groups in total. The van der Waals surface area contributed by atoms with Crippen LogP contribution in [0.5, 0.6) is 0 Å². The van der Waals surface area contributed by atoms with Crippen molar-refractivity contribution in [3.63, 3.8) is 0 Å². The first-order chi connectivity index (χ1) is 9.33. The first-order valence-electron chi connectivity index (χ1n) is 6.33. The molecule has 1 aromatic carbocycles. The lowest BCUT2D eigenvalue weighted by atomic mass is 10.2. The summed E-state index contributed by atoms with van der Waals surface area (Å²) in [6.45, 7) is 1.65. The Morgan fingerprint density at radius 1 is 1.32 bits per heavy atom. The van der Waals surface area contributed by atoms with Crippen LogP contribution in [0.15, 0.2) is 41.3 Å². The van der Waals surface area contributed by atoms with E-state index in [1.165, 1.54) is 10.9 Å². The number of hydrogen-bond acceptors (Lipinski definition) is 4. The lowest BCUT2D eigenvalue weighted by Crippen LogP contribution is -2.17. The SMILES string of the molecule is Cn1cnc(CCNCc2coc3ccccc23)n1. The third-order valence-corrected chi connectivity index (χ3v) is 3.05. The van der Waals surface area contributed by atoms with E-state index in [1.54, 1.807) is 11.0 Å². The van der Waals surface area contributed by atoms with Gasteiger partial charge in [-0.2, -0.15) is 5.10 Å². The molecule has 0 saturated heterocycles. The molecule has 0 bridgehead atoms. The molecule has 2 aromatic heterocycles. The second kappa shape index (κ2) is 5.24. The highest BCUT2D eigenvalue weighted by molar-refractivity contribution is 5.80. The molecule has 3 aromatic rings. The molecule has 0 aliphatic heterocycles. The summed E-state index contributed by atoms with van der Waals surface area (Å²) in [5.41, 5.74) is 2.12. The molecule has 0 unspecified atom stereocenters. The minimum Gasteiger partial charge on any atom is -0.464 e. The Hall–Kier alpha value is -2.14. The molecule has 5 nitrogen and oxygen atoms in total. The van der Waals surface area contributed by atoms with Crippen LogP contribution in [-0.4, -0.2) is 21.3 Å². The number of furan rings is 1. The maximum Gasteiger partial charge on any atom is 0.151 e. The van der Waals surface area contributed by atoms with Gasteiger partial charge in [-0.15, -0.1) is 0 Å². The maximum atomic E-state index is 5.50. The first kappa shape index (κ1) is 11.9. The van der Waals surface area contributed by atoms with Gasteiger partial charge in [0.15, 0.2) is 5.82 Å². The van der Waals surface area contributed by atoms with E-state index in [0.29, 0.717) is 0 Å². The second-order valence-electron chi connectivity index (χ2n) is 4.52. The van der Waals surface area contributed by atoms with E-state index in [2.05, 4.69) is 21.5 Å². The number of para-hydroxylation sites is 1. The van der Waals surface area contributed by atoms with E-state index in [0.717, 1.165) is 30.9 Å². The van der Waals surface area contributed by atoms with E-state index < -0.39 is 0 Å². The Kier molecular flexibility index (Phi) is 3.29. The lowest BCUT2D eigenvalue weighted by Gasteiger charge is -2.01. The molecular weight excluding hydrogens is 240 g/mol. The predicted molar refractivity (Wildman–Crippen MR) is 72.6 cm³/mol. The third kappa shape index (κ3) is 2.66. The van der Waals surface area contributed by atoms with Gasteiger partial charge in [0, 0.05) is 37.5 Å². The van der Waals surface area contributed by atoms with Crippen molar-refractivity contribution in [2.75, 3.05) is 6.54 Å². The zero-order valence-electron chi connectivity index (χ0n) is 10.8. The van der Waals surface area contributed by atoms with E-state index in [-0.39, 0.29) is 0 Å². The van der Waals surface area contributed by atoms with Gasteiger partial charge in [0.1, 0.15) is 11.9 Å². The average Bonchev–Trinajstić information content (AvgIpc) is 3.02. The number of rotatable bonds is 5. The lowest BCUT2D eigenvalue weighted by molar-refractivity contribution is 0.600. The highest BCUT2D eigenvalue weighted by Gasteiger charge is 2.04. The minimum atomic E-state index is 0.795. The standard InChI is InChI=1S/C14H16N4O/c1-18-10-16-14(17-18)6-7-15-8-11-9-19-13-5-3-2-4-12(11)13/h2-5,9-10,15H,6-8H2,1H3. The summed E-state index contributed by atoms with van der Waals surface area (Å²) in [6, 6.07) is 8.07. The Morgan fingerprint density at radius 2 is 2.21 bits per heavy atom. The van der Waals surface area contributed by atoms with E-state index in [4.69, 9.17) is 4.42 Å². The molecular formula is C14H16N4O. The summed E-state index contributed by atoms with van der Waals surface area (Å²) < 4.78 is 7.22. The van der Waals surface area contributed by atoms with Gasteiger partial charge in [0.2, 0.25) is 0 Å².